The van der Waals surface area contributed by atoms with Crippen LogP contribution in [0.3, 0.4) is 0 Å². The predicted molar refractivity (Wildman–Crippen MR) is 126 cm³/mol. The van der Waals surface area contributed by atoms with Crippen LogP contribution in [-0.4, -0.2) is 38.7 Å². The molecule has 0 radical (unpaired) electrons. The fourth-order valence-corrected chi connectivity index (χ4v) is 5.35. The van der Waals surface area contributed by atoms with E-state index in [9.17, 15) is 9.18 Å². The number of carbonyl (C=O) groups excluding carboxylic acids is 1. The van der Waals surface area contributed by atoms with Crippen molar-refractivity contribution in [2.45, 2.75) is 23.8 Å². The molecule has 0 N–H and O–H groups in total. The molecule has 4 aromatic rings. The molecule has 8 heteroatoms. The van der Waals surface area contributed by atoms with E-state index in [0.29, 0.717) is 5.75 Å². The van der Waals surface area contributed by atoms with Crippen LogP contribution < -0.4 is 0 Å². The Hall–Kier alpha value is -2.97. The molecule has 0 bridgehead atoms. The average molecular weight is 465 g/mol. The number of likely N-dealkylation sites (tertiary alicyclic amines) is 1. The molecule has 0 unspecified atom stereocenters. The van der Waals surface area contributed by atoms with Gasteiger partial charge in [-0.1, -0.05) is 30.0 Å². The SMILES string of the molecule is O=C(c1ccc(CSc2nnc(-c3cccs3)n2-c2ccc(F)cc2)cc1)N1CCCC1. The van der Waals surface area contributed by atoms with Crippen LogP contribution >= 0.6 is 23.1 Å². The maximum Gasteiger partial charge on any atom is 0.253 e. The number of halogens is 1. The van der Waals surface area contributed by atoms with E-state index in [4.69, 9.17) is 0 Å². The molecule has 1 saturated heterocycles. The summed E-state index contributed by atoms with van der Waals surface area (Å²) < 4.78 is 15.4. The van der Waals surface area contributed by atoms with Gasteiger partial charge in [0.2, 0.25) is 0 Å². The van der Waals surface area contributed by atoms with Gasteiger partial charge in [-0.2, -0.15) is 0 Å². The molecule has 2 aromatic carbocycles. The van der Waals surface area contributed by atoms with Crippen molar-refractivity contribution in [1.82, 2.24) is 19.7 Å². The zero-order chi connectivity index (χ0) is 21.9. The number of thioether (sulfide) groups is 1. The molecule has 0 spiro atoms. The fraction of sp³-hybridized carbons (Fsp3) is 0.208. The second-order valence-corrected chi connectivity index (χ2v) is 9.47. The highest BCUT2D eigenvalue weighted by Gasteiger charge is 2.20. The maximum absolute atomic E-state index is 13.5. The summed E-state index contributed by atoms with van der Waals surface area (Å²) in [7, 11) is 0. The van der Waals surface area contributed by atoms with Gasteiger partial charge in [0.25, 0.3) is 5.91 Å². The number of nitrogens with zero attached hydrogens (tertiary/aromatic N) is 4. The molecular formula is C24H21FN4OS2. The number of carbonyl (C=O) groups is 1. The molecule has 1 amide bonds. The number of thiophene rings is 1. The van der Waals surface area contributed by atoms with Crippen molar-refractivity contribution in [2.75, 3.05) is 13.1 Å². The average Bonchev–Trinajstić information content (AvgIpc) is 3.60. The van der Waals surface area contributed by atoms with Gasteiger partial charge in [-0.05, 0) is 66.2 Å². The van der Waals surface area contributed by atoms with Crippen LogP contribution in [-0.2, 0) is 5.75 Å². The van der Waals surface area contributed by atoms with Crippen LogP contribution in [0.2, 0.25) is 0 Å². The first kappa shape index (κ1) is 20.9. The van der Waals surface area contributed by atoms with E-state index in [1.54, 1.807) is 35.2 Å². The number of aromatic nitrogens is 3. The van der Waals surface area contributed by atoms with E-state index >= 15 is 0 Å². The number of hydrogen-bond donors (Lipinski definition) is 0. The van der Waals surface area contributed by atoms with Gasteiger partial charge in [0, 0.05) is 30.1 Å². The van der Waals surface area contributed by atoms with E-state index < -0.39 is 0 Å². The molecule has 1 aliphatic rings. The van der Waals surface area contributed by atoms with E-state index in [0.717, 1.165) is 58.6 Å². The minimum absolute atomic E-state index is 0.110. The molecule has 1 aliphatic heterocycles. The quantitative estimate of drug-likeness (QED) is 0.345. The van der Waals surface area contributed by atoms with Crippen LogP contribution in [0.5, 0.6) is 0 Å². The summed E-state index contributed by atoms with van der Waals surface area (Å²) >= 11 is 3.15. The second-order valence-electron chi connectivity index (χ2n) is 7.58. The monoisotopic (exact) mass is 464 g/mol. The lowest BCUT2D eigenvalue weighted by atomic mass is 10.1. The van der Waals surface area contributed by atoms with Gasteiger partial charge in [0.05, 0.1) is 4.88 Å². The van der Waals surface area contributed by atoms with Gasteiger partial charge in [-0.3, -0.25) is 9.36 Å². The number of benzene rings is 2. The molecule has 1 fully saturated rings. The summed E-state index contributed by atoms with van der Waals surface area (Å²) in [5, 5.41) is 11.6. The molecule has 5 nitrogen and oxygen atoms in total. The third-order valence-corrected chi connectivity index (χ3v) is 7.29. The normalized spacial score (nSPS) is 13.6. The van der Waals surface area contributed by atoms with Gasteiger partial charge in [-0.25, -0.2) is 4.39 Å². The Kier molecular flexibility index (Phi) is 6.05. The van der Waals surface area contributed by atoms with Crippen LogP contribution in [0.1, 0.15) is 28.8 Å². The first-order valence-corrected chi connectivity index (χ1v) is 12.3. The Balaban J connectivity index is 1.36. The van der Waals surface area contributed by atoms with Crippen molar-refractivity contribution in [3.63, 3.8) is 0 Å². The molecule has 5 rings (SSSR count). The van der Waals surface area contributed by atoms with E-state index in [-0.39, 0.29) is 11.7 Å². The van der Waals surface area contributed by atoms with Crippen LogP contribution in [0.25, 0.3) is 16.4 Å². The molecule has 0 saturated carbocycles. The van der Waals surface area contributed by atoms with Crippen molar-refractivity contribution < 1.29 is 9.18 Å². The fourth-order valence-electron chi connectivity index (χ4n) is 3.75. The standard InChI is InChI=1S/C24H21FN4OS2/c25-19-9-11-20(12-10-19)29-22(21-4-3-15-31-21)26-27-24(29)32-16-17-5-7-18(8-6-17)23(30)28-13-1-2-14-28/h3-12,15H,1-2,13-14,16H2. The first-order chi connectivity index (χ1) is 15.7. The largest absolute Gasteiger partial charge is 0.339 e. The Morgan fingerprint density at radius 1 is 1.00 bits per heavy atom. The predicted octanol–water partition coefficient (Wildman–Crippen LogP) is 5.66. The highest BCUT2D eigenvalue weighted by molar-refractivity contribution is 7.98. The van der Waals surface area contributed by atoms with Crippen LogP contribution in [0, 0.1) is 5.82 Å². The van der Waals surface area contributed by atoms with Gasteiger partial charge < -0.3 is 4.90 Å². The lowest BCUT2D eigenvalue weighted by molar-refractivity contribution is 0.0793. The smallest absolute Gasteiger partial charge is 0.253 e. The van der Waals surface area contributed by atoms with Gasteiger partial charge in [0.15, 0.2) is 11.0 Å². The lowest BCUT2D eigenvalue weighted by Gasteiger charge is -2.15. The Labute approximate surface area is 193 Å². The second kappa shape index (κ2) is 9.26. The minimum Gasteiger partial charge on any atom is -0.339 e. The minimum atomic E-state index is -0.280. The third-order valence-electron chi connectivity index (χ3n) is 5.42. The number of amides is 1. The zero-order valence-corrected chi connectivity index (χ0v) is 18.9. The summed E-state index contributed by atoms with van der Waals surface area (Å²) in [5.41, 5.74) is 2.64. The first-order valence-electron chi connectivity index (χ1n) is 10.5. The summed E-state index contributed by atoms with van der Waals surface area (Å²) in [5.74, 6) is 1.25. The van der Waals surface area contributed by atoms with E-state index in [1.807, 2.05) is 51.2 Å². The molecule has 0 atom stereocenters. The van der Waals surface area contributed by atoms with Crippen molar-refractivity contribution in [1.29, 1.82) is 0 Å². The summed E-state index contributed by atoms with van der Waals surface area (Å²) in [6, 6.07) is 18.1. The van der Waals surface area contributed by atoms with Crippen molar-refractivity contribution in [2.24, 2.45) is 0 Å². The van der Waals surface area contributed by atoms with E-state index in [1.165, 1.54) is 12.1 Å². The molecular weight excluding hydrogens is 443 g/mol. The number of hydrogen-bond acceptors (Lipinski definition) is 5. The topological polar surface area (TPSA) is 51.0 Å². The highest BCUT2D eigenvalue weighted by Crippen LogP contribution is 2.32. The summed E-state index contributed by atoms with van der Waals surface area (Å²) in [6.45, 7) is 1.70. The van der Waals surface area contributed by atoms with Gasteiger partial charge >= 0.3 is 0 Å². The van der Waals surface area contributed by atoms with Crippen LogP contribution in [0.15, 0.2) is 71.2 Å². The van der Waals surface area contributed by atoms with Gasteiger partial charge in [0.1, 0.15) is 5.82 Å². The Bertz CT molecular complexity index is 1200. The molecule has 0 aliphatic carbocycles. The number of rotatable bonds is 6. The maximum atomic E-state index is 13.5. The lowest BCUT2D eigenvalue weighted by Crippen LogP contribution is -2.27. The Morgan fingerprint density at radius 3 is 2.44 bits per heavy atom. The van der Waals surface area contributed by atoms with Crippen molar-refractivity contribution in [3.05, 3.63) is 83.0 Å². The van der Waals surface area contributed by atoms with Crippen molar-refractivity contribution in [3.8, 4) is 16.4 Å². The van der Waals surface area contributed by atoms with Crippen molar-refractivity contribution >= 4 is 29.0 Å². The van der Waals surface area contributed by atoms with E-state index in [2.05, 4.69) is 10.2 Å². The van der Waals surface area contributed by atoms with Crippen LogP contribution in [0.4, 0.5) is 4.39 Å². The summed E-state index contributed by atoms with van der Waals surface area (Å²) in [6.07, 6.45) is 2.17. The summed E-state index contributed by atoms with van der Waals surface area (Å²) in [4.78, 5) is 15.5. The molecule has 32 heavy (non-hydrogen) atoms. The van der Waals surface area contributed by atoms with Gasteiger partial charge in [-0.15, -0.1) is 21.5 Å². The zero-order valence-electron chi connectivity index (χ0n) is 17.3. The molecule has 3 heterocycles. The third kappa shape index (κ3) is 4.33. The highest BCUT2D eigenvalue weighted by atomic mass is 32.2. The molecule has 162 valence electrons. The Morgan fingerprint density at radius 2 is 1.75 bits per heavy atom. The molecule has 2 aromatic heterocycles.